The number of benzene rings is 7. The molecule has 2 heteroatoms. The SMILES string of the molecule is Cc1cccc2c1Nc1ccc(-c3ccc4c(c3)c3cc5c(cc3n4-c3ccccc3)C(C)(C)c3ccccc3-5)cc1-c1ccccc1-2. The minimum Gasteiger partial charge on any atom is -0.354 e. The van der Waals surface area contributed by atoms with E-state index in [0.29, 0.717) is 0 Å². The molecule has 228 valence electrons. The number of aromatic nitrogens is 1. The molecule has 0 atom stereocenters. The Balaban J connectivity index is 1.21. The van der Waals surface area contributed by atoms with E-state index in [2.05, 4.69) is 176 Å². The van der Waals surface area contributed by atoms with E-state index < -0.39 is 0 Å². The monoisotopic (exact) mass is 614 g/mol. The molecule has 48 heavy (non-hydrogen) atoms. The zero-order valence-electron chi connectivity index (χ0n) is 27.3. The van der Waals surface area contributed by atoms with Crippen molar-refractivity contribution in [2.45, 2.75) is 26.2 Å². The maximum absolute atomic E-state index is 3.81. The first kappa shape index (κ1) is 27.3. The summed E-state index contributed by atoms with van der Waals surface area (Å²) in [6.07, 6.45) is 0. The van der Waals surface area contributed by atoms with Crippen LogP contribution >= 0.6 is 0 Å². The Morgan fingerprint density at radius 3 is 1.98 bits per heavy atom. The van der Waals surface area contributed by atoms with Crippen LogP contribution in [-0.2, 0) is 5.41 Å². The Morgan fingerprint density at radius 2 is 1.15 bits per heavy atom. The van der Waals surface area contributed by atoms with E-state index in [1.54, 1.807) is 0 Å². The maximum Gasteiger partial charge on any atom is 0.0544 e. The van der Waals surface area contributed by atoms with Gasteiger partial charge in [-0.2, -0.15) is 0 Å². The summed E-state index contributed by atoms with van der Waals surface area (Å²) in [6.45, 7) is 6.91. The molecule has 1 aromatic heterocycles. The van der Waals surface area contributed by atoms with Gasteiger partial charge in [0.05, 0.1) is 11.0 Å². The summed E-state index contributed by atoms with van der Waals surface area (Å²) >= 11 is 0. The molecule has 0 bridgehead atoms. The molecule has 1 N–H and O–H groups in total. The van der Waals surface area contributed by atoms with Crippen LogP contribution in [0.4, 0.5) is 11.4 Å². The molecule has 0 unspecified atom stereocenters. The highest BCUT2D eigenvalue weighted by molar-refractivity contribution is 6.13. The van der Waals surface area contributed by atoms with Crippen molar-refractivity contribution in [3.63, 3.8) is 0 Å². The van der Waals surface area contributed by atoms with Crippen LogP contribution in [0.25, 0.3) is 72.0 Å². The van der Waals surface area contributed by atoms with Crippen LogP contribution in [-0.4, -0.2) is 4.57 Å². The number of fused-ring (bicyclic) bond motifs is 11. The molecule has 2 aliphatic rings. The van der Waals surface area contributed by atoms with Crippen molar-refractivity contribution in [2.75, 3.05) is 5.32 Å². The largest absolute Gasteiger partial charge is 0.354 e. The van der Waals surface area contributed by atoms with Crippen LogP contribution in [0.3, 0.4) is 0 Å². The number of nitrogens with one attached hydrogen (secondary N) is 1. The Kier molecular flexibility index (Phi) is 5.58. The molecule has 0 radical (unpaired) electrons. The van der Waals surface area contributed by atoms with Gasteiger partial charge in [-0.1, -0.05) is 111 Å². The van der Waals surface area contributed by atoms with E-state index in [1.165, 1.54) is 94.4 Å². The standard InChI is InChI=1S/C46H34N2/c1-28-12-11-18-35-32-15-7-8-16-33(32)37-24-29(20-22-42(37)47-45(28)35)30-21-23-43-38(25-30)39-26-36-34-17-9-10-19-40(34)46(2,3)41(36)27-44(39)48(43)31-13-5-4-6-14-31/h4-27,47H,1-3H3. The van der Waals surface area contributed by atoms with Crippen LogP contribution in [0.15, 0.2) is 146 Å². The smallest absolute Gasteiger partial charge is 0.0544 e. The first-order valence-corrected chi connectivity index (χ1v) is 16.9. The minimum absolute atomic E-state index is 0.0619. The molecule has 2 nitrogen and oxygen atoms in total. The summed E-state index contributed by atoms with van der Waals surface area (Å²) in [7, 11) is 0. The molecule has 0 spiro atoms. The van der Waals surface area contributed by atoms with Crippen LogP contribution < -0.4 is 5.32 Å². The predicted octanol–water partition coefficient (Wildman–Crippen LogP) is 12.5. The Hall–Kier alpha value is -5.86. The van der Waals surface area contributed by atoms with Gasteiger partial charge >= 0.3 is 0 Å². The average molecular weight is 615 g/mol. The average Bonchev–Trinajstić information content (AvgIpc) is 3.50. The van der Waals surface area contributed by atoms with Gasteiger partial charge in [0, 0.05) is 44.4 Å². The number of aryl methyl sites for hydroxylation is 1. The van der Waals surface area contributed by atoms with E-state index in [-0.39, 0.29) is 5.41 Å². The third-order valence-electron chi connectivity index (χ3n) is 10.9. The fourth-order valence-electron chi connectivity index (χ4n) is 8.45. The molecule has 0 fully saturated rings. The van der Waals surface area contributed by atoms with Gasteiger partial charge in [-0.05, 0) is 106 Å². The van der Waals surface area contributed by atoms with Crippen molar-refractivity contribution in [1.29, 1.82) is 0 Å². The lowest BCUT2D eigenvalue weighted by Crippen LogP contribution is -2.14. The van der Waals surface area contributed by atoms with Crippen molar-refractivity contribution in [3.05, 3.63) is 162 Å². The second-order valence-corrected chi connectivity index (χ2v) is 13.9. The Morgan fingerprint density at radius 1 is 0.479 bits per heavy atom. The van der Waals surface area contributed by atoms with Gasteiger partial charge < -0.3 is 9.88 Å². The normalized spacial score (nSPS) is 13.6. The molecular formula is C46H34N2. The van der Waals surface area contributed by atoms with Gasteiger partial charge in [-0.3, -0.25) is 0 Å². The first-order chi connectivity index (χ1) is 23.5. The van der Waals surface area contributed by atoms with Gasteiger partial charge in [-0.25, -0.2) is 0 Å². The van der Waals surface area contributed by atoms with Crippen LogP contribution in [0.2, 0.25) is 0 Å². The van der Waals surface area contributed by atoms with Crippen molar-refractivity contribution >= 4 is 33.2 Å². The summed E-state index contributed by atoms with van der Waals surface area (Å²) in [6, 6.07) is 53.9. The maximum atomic E-state index is 3.81. The molecule has 1 aliphatic carbocycles. The molecule has 8 aromatic rings. The summed E-state index contributed by atoms with van der Waals surface area (Å²) in [5.41, 5.74) is 20.1. The second kappa shape index (κ2) is 9.82. The molecule has 0 saturated heterocycles. The van der Waals surface area contributed by atoms with E-state index in [1.807, 2.05) is 0 Å². The van der Waals surface area contributed by atoms with Crippen molar-refractivity contribution in [2.24, 2.45) is 0 Å². The highest BCUT2D eigenvalue weighted by Crippen LogP contribution is 2.51. The van der Waals surface area contributed by atoms with Crippen LogP contribution in [0.1, 0.15) is 30.5 Å². The molecule has 0 saturated carbocycles. The Labute approximate surface area is 280 Å². The van der Waals surface area contributed by atoms with Gasteiger partial charge in [0.1, 0.15) is 0 Å². The molecular weight excluding hydrogens is 581 g/mol. The lowest BCUT2D eigenvalue weighted by atomic mass is 9.82. The van der Waals surface area contributed by atoms with Crippen LogP contribution in [0.5, 0.6) is 0 Å². The van der Waals surface area contributed by atoms with Crippen molar-refractivity contribution < 1.29 is 0 Å². The molecule has 7 aromatic carbocycles. The number of hydrogen-bond donors (Lipinski definition) is 1. The lowest BCUT2D eigenvalue weighted by molar-refractivity contribution is 0.661. The van der Waals surface area contributed by atoms with E-state index >= 15 is 0 Å². The number of hydrogen-bond acceptors (Lipinski definition) is 1. The summed E-state index contributed by atoms with van der Waals surface area (Å²) in [5.74, 6) is 0. The van der Waals surface area contributed by atoms with E-state index in [0.717, 1.165) is 5.69 Å². The fourth-order valence-corrected chi connectivity index (χ4v) is 8.45. The number of para-hydroxylation sites is 2. The molecule has 0 amide bonds. The molecule has 2 heterocycles. The molecule has 1 aliphatic heterocycles. The second-order valence-electron chi connectivity index (χ2n) is 13.9. The van der Waals surface area contributed by atoms with Gasteiger partial charge in [0.25, 0.3) is 0 Å². The van der Waals surface area contributed by atoms with E-state index in [9.17, 15) is 0 Å². The summed E-state index contributed by atoms with van der Waals surface area (Å²) < 4.78 is 2.45. The summed E-state index contributed by atoms with van der Waals surface area (Å²) in [4.78, 5) is 0. The fraction of sp³-hybridized carbons (Fsp3) is 0.0870. The Bertz CT molecular complexity index is 2620. The molecule has 10 rings (SSSR count). The number of nitrogens with zero attached hydrogens (tertiary/aromatic N) is 1. The van der Waals surface area contributed by atoms with E-state index in [4.69, 9.17) is 0 Å². The van der Waals surface area contributed by atoms with Gasteiger partial charge in [-0.15, -0.1) is 0 Å². The van der Waals surface area contributed by atoms with Crippen molar-refractivity contribution in [1.82, 2.24) is 4.57 Å². The van der Waals surface area contributed by atoms with Gasteiger partial charge in [0.2, 0.25) is 0 Å². The number of anilines is 2. The number of rotatable bonds is 2. The zero-order valence-corrected chi connectivity index (χ0v) is 27.3. The third-order valence-corrected chi connectivity index (χ3v) is 10.9. The lowest BCUT2D eigenvalue weighted by Gasteiger charge is -2.21. The predicted molar refractivity (Wildman–Crippen MR) is 203 cm³/mol. The van der Waals surface area contributed by atoms with Gasteiger partial charge in [0.15, 0.2) is 0 Å². The topological polar surface area (TPSA) is 17.0 Å². The van der Waals surface area contributed by atoms with Crippen molar-refractivity contribution in [3.8, 4) is 50.2 Å². The first-order valence-electron chi connectivity index (χ1n) is 16.9. The van der Waals surface area contributed by atoms with Crippen LogP contribution in [0, 0.1) is 6.92 Å². The third kappa shape index (κ3) is 3.74. The minimum atomic E-state index is -0.0619. The highest BCUT2D eigenvalue weighted by atomic mass is 15.0. The summed E-state index contributed by atoms with van der Waals surface area (Å²) in [5, 5.41) is 6.37. The quantitative estimate of drug-likeness (QED) is 0.205. The highest BCUT2D eigenvalue weighted by Gasteiger charge is 2.36. The zero-order chi connectivity index (χ0) is 32.1.